The Hall–Kier alpha value is -1.62. The largest absolute Gasteiger partial charge is 0.333 e. The molecule has 0 amide bonds. The summed E-state index contributed by atoms with van der Waals surface area (Å²) < 4.78 is 4.02. The van der Waals surface area contributed by atoms with E-state index in [2.05, 4.69) is 33.1 Å². The molecule has 0 radical (unpaired) electrons. The maximum absolute atomic E-state index is 4.42. The second-order valence-corrected chi connectivity index (χ2v) is 5.07. The van der Waals surface area contributed by atoms with Gasteiger partial charge < -0.3 is 9.88 Å². The van der Waals surface area contributed by atoms with E-state index >= 15 is 0 Å². The van der Waals surface area contributed by atoms with E-state index in [0.717, 1.165) is 24.8 Å². The van der Waals surface area contributed by atoms with E-state index in [9.17, 15) is 0 Å². The summed E-state index contributed by atoms with van der Waals surface area (Å²) in [7, 11) is 1.97. The van der Waals surface area contributed by atoms with Gasteiger partial charge in [-0.2, -0.15) is 5.10 Å². The summed E-state index contributed by atoms with van der Waals surface area (Å²) in [5, 5.41) is 7.73. The van der Waals surface area contributed by atoms with Crippen molar-refractivity contribution in [3.05, 3.63) is 35.7 Å². The predicted molar refractivity (Wildman–Crippen MR) is 69.1 cm³/mol. The summed E-state index contributed by atoms with van der Waals surface area (Å²) >= 11 is 0. The first kappa shape index (κ1) is 11.5. The van der Waals surface area contributed by atoms with E-state index in [-0.39, 0.29) is 0 Å². The van der Waals surface area contributed by atoms with Crippen molar-refractivity contribution in [2.24, 2.45) is 7.05 Å². The maximum Gasteiger partial charge on any atom is 0.0953 e. The van der Waals surface area contributed by atoms with Gasteiger partial charge in [0, 0.05) is 37.1 Å². The third kappa shape index (κ3) is 2.46. The topological polar surface area (TPSA) is 47.7 Å². The Morgan fingerprint density at radius 1 is 1.44 bits per heavy atom. The minimum absolute atomic E-state index is 0.732. The van der Waals surface area contributed by atoms with Gasteiger partial charge in [-0.3, -0.25) is 4.68 Å². The van der Waals surface area contributed by atoms with E-state index in [1.165, 1.54) is 24.1 Å². The van der Waals surface area contributed by atoms with Crippen LogP contribution in [0.2, 0.25) is 0 Å². The van der Waals surface area contributed by atoms with Gasteiger partial charge in [-0.1, -0.05) is 0 Å². The zero-order valence-electron chi connectivity index (χ0n) is 10.9. The van der Waals surface area contributed by atoms with Gasteiger partial charge in [0.25, 0.3) is 0 Å². The molecule has 5 heteroatoms. The van der Waals surface area contributed by atoms with Gasteiger partial charge in [0.05, 0.1) is 24.8 Å². The summed E-state index contributed by atoms with van der Waals surface area (Å²) in [5.74, 6) is 0. The second kappa shape index (κ2) is 4.57. The zero-order chi connectivity index (χ0) is 12.5. The second-order valence-electron chi connectivity index (χ2n) is 5.07. The molecular formula is C13H19N5. The Bertz CT molecular complexity index is 535. The zero-order valence-corrected chi connectivity index (χ0v) is 10.9. The van der Waals surface area contributed by atoms with Crippen molar-refractivity contribution in [1.29, 1.82) is 0 Å². The quantitative estimate of drug-likeness (QED) is 0.861. The molecule has 0 aromatic carbocycles. The number of nitrogens with zero attached hydrogens (tertiary/aromatic N) is 4. The van der Waals surface area contributed by atoms with Crippen LogP contribution in [0.3, 0.4) is 0 Å². The molecule has 2 aromatic rings. The molecule has 0 saturated heterocycles. The Labute approximate surface area is 107 Å². The predicted octanol–water partition coefficient (Wildman–Crippen LogP) is 1.23. The summed E-state index contributed by atoms with van der Waals surface area (Å²) in [5.41, 5.74) is 3.57. The van der Waals surface area contributed by atoms with Crippen LogP contribution in [0.4, 0.5) is 0 Å². The fourth-order valence-corrected chi connectivity index (χ4v) is 2.02. The first-order valence-electron chi connectivity index (χ1n) is 6.44. The molecule has 0 bridgehead atoms. The molecule has 2 heterocycles. The normalized spacial score (nSPS) is 15.2. The van der Waals surface area contributed by atoms with Gasteiger partial charge in [-0.05, 0) is 19.8 Å². The Balaban J connectivity index is 1.63. The number of nitrogens with one attached hydrogen (secondary N) is 1. The van der Waals surface area contributed by atoms with Crippen LogP contribution in [0, 0.1) is 6.92 Å². The number of aromatic nitrogens is 4. The monoisotopic (exact) mass is 245 g/mol. The van der Waals surface area contributed by atoms with E-state index < -0.39 is 0 Å². The Kier molecular flexibility index (Phi) is 2.91. The number of imidazole rings is 1. The lowest BCUT2D eigenvalue weighted by Crippen LogP contribution is -2.15. The standard InChI is InChI=1S/C13H19N5/c1-10-11(5-16-17(10)2)7-18-8-13(15-9-18)6-14-12-3-4-12/h5,8-9,12,14H,3-4,6-7H2,1-2H3. The summed E-state index contributed by atoms with van der Waals surface area (Å²) in [6.07, 6.45) is 8.57. The van der Waals surface area contributed by atoms with E-state index in [1.54, 1.807) is 0 Å². The Morgan fingerprint density at radius 2 is 2.28 bits per heavy atom. The average molecular weight is 245 g/mol. The first-order chi connectivity index (χ1) is 8.72. The number of hydrogen-bond acceptors (Lipinski definition) is 3. The van der Waals surface area contributed by atoms with Gasteiger partial charge in [0.2, 0.25) is 0 Å². The fraction of sp³-hybridized carbons (Fsp3) is 0.538. The van der Waals surface area contributed by atoms with Gasteiger partial charge in [-0.15, -0.1) is 0 Å². The molecule has 0 atom stereocenters. The molecule has 0 spiro atoms. The van der Waals surface area contributed by atoms with Gasteiger partial charge in [0.15, 0.2) is 0 Å². The van der Waals surface area contributed by atoms with Crippen LogP contribution in [-0.4, -0.2) is 25.4 Å². The van der Waals surface area contributed by atoms with E-state index in [4.69, 9.17) is 0 Å². The minimum Gasteiger partial charge on any atom is -0.333 e. The molecule has 3 rings (SSSR count). The molecule has 18 heavy (non-hydrogen) atoms. The van der Waals surface area contributed by atoms with Crippen LogP contribution in [0.15, 0.2) is 18.7 Å². The molecule has 96 valence electrons. The minimum atomic E-state index is 0.732. The molecule has 0 aliphatic heterocycles. The molecule has 1 aliphatic carbocycles. The van der Waals surface area contributed by atoms with Crippen LogP contribution >= 0.6 is 0 Å². The van der Waals surface area contributed by atoms with Crippen LogP contribution in [0.25, 0.3) is 0 Å². The third-order valence-electron chi connectivity index (χ3n) is 3.53. The highest BCUT2D eigenvalue weighted by atomic mass is 15.3. The van der Waals surface area contributed by atoms with Crippen LogP contribution in [-0.2, 0) is 20.1 Å². The molecule has 0 unspecified atom stereocenters. The molecule has 1 saturated carbocycles. The van der Waals surface area contributed by atoms with Crippen LogP contribution in [0.5, 0.6) is 0 Å². The van der Waals surface area contributed by atoms with Crippen molar-refractivity contribution in [3.8, 4) is 0 Å². The highest BCUT2D eigenvalue weighted by Crippen LogP contribution is 2.19. The van der Waals surface area contributed by atoms with Gasteiger partial charge in [0.1, 0.15) is 0 Å². The number of rotatable bonds is 5. The molecule has 1 fully saturated rings. The number of hydrogen-bond donors (Lipinski definition) is 1. The lowest BCUT2D eigenvalue weighted by atomic mass is 10.2. The first-order valence-corrected chi connectivity index (χ1v) is 6.44. The molecule has 5 nitrogen and oxygen atoms in total. The highest BCUT2D eigenvalue weighted by molar-refractivity contribution is 5.16. The van der Waals surface area contributed by atoms with Gasteiger partial charge in [-0.25, -0.2) is 4.98 Å². The maximum atomic E-state index is 4.42. The fourth-order valence-electron chi connectivity index (χ4n) is 2.02. The molecule has 1 aliphatic rings. The van der Waals surface area contributed by atoms with E-state index in [1.807, 2.05) is 24.3 Å². The van der Waals surface area contributed by atoms with Crippen molar-refractivity contribution in [2.45, 2.75) is 38.9 Å². The highest BCUT2D eigenvalue weighted by Gasteiger charge is 2.20. The van der Waals surface area contributed by atoms with Crippen LogP contribution < -0.4 is 5.32 Å². The van der Waals surface area contributed by atoms with Crippen molar-refractivity contribution < 1.29 is 0 Å². The van der Waals surface area contributed by atoms with Crippen molar-refractivity contribution in [2.75, 3.05) is 0 Å². The third-order valence-corrected chi connectivity index (χ3v) is 3.53. The SMILES string of the molecule is Cc1c(Cn2cnc(CNC3CC3)c2)cnn1C. The summed E-state index contributed by atoms with van der Waals surface area (Å²) in [4.78, 5) is 4.42. The van der Waals surface area contributed by atoms with Crippen molar-refractivity contribution in [1.82, 2.24) is 24.6 Å². The lowest BCUT2D eigenvalue weighted by molar-refractivity contribution is 0.675. The molecular weight excluding hydrogens is 226 g/mol. The van der Waals surface area contributed by atoms with Gasteiger partial charge >= 0.3 is 0 Å². The molecule has 1 N–H and O–H groups in total. The number of aryl methyl sites for hydroxylation is 1. The van der Waals surface area contributed by atoms with E-state index in [0.29, 0.717) is 0 Å². The van der Waals surface area contributed by atoms with Crippen LogP contribution in [0.1, 0.15) is 29.8 Å². The van der Waals surface area contributed by atoms with Crippen molar-refractivity contribution >= 4 is 0 Å². The average Bonchev–Trinajstić information content (AvgIpc) is 3.02. The lowest BCUT2D eigenvalue weighted by Gasteiger charge is -2.01. The van der Waals surface area contributed by atoms with Crippen molar-refractivity contribution in [3.63, 3.8) is 0 Å². The Morgan fingerprint density at radius 3 is 2.94 bits per heavy atom. The smallest absolute Gasteiger partial charge is 0.0953 e. The molecule has 2 aromatic heterocycles. The summed E-state index contributed by atoms with van der Waals surface area (Å²) in [6.45, 7) is 3.81. The summed E-state index contributed by atoms with van der Waals surface area (Å²) in [6, 6.07) is 0.732.